The molecule has 2 aromatic rings. The lowest BCUT2D eigenvalue weighted by Crippen LogP contribution is -2.35. The van der Waals surface area contributed by atoms with Gasteiger partial charge < -0.3 is 9.15 Å². The number of carbonyl (C=O) groups excluding carboxylic acids is 2. The van der Waals surface area contributed by atoms with E-state index in [1.165, 1.54) is 13.0 Å². The van der Waals surface area contributed by atoms with Crippen molar-refractivity contribution in [2.24, 2.45) is 10.9 Å². The number of esters is 1. The first-order valence-electron chi connectivity index (χ1n) is 10.2. The van der Waals surface area contributed by atoms with Gasteiger partial charge in [-0.25, -0.2) is 4.79 Å². The summed E-state index contributed by atoms with van der Waals surface area (Å²) in [5.41, 5.74) is 2.29. The summed E-state index contributed by atoms with van der Waals surface area (Å²) < 4.78 is 11.5. The third-order valence-electron chi connectivity index (χ3n) is 5.61. The Labute approximate surface area is 175 Å². The van der Waals surface area contributed by atoms with Crippen molar-refractivity contribution in [3.8, 4) is 0 Å². The number of nitrogens with zero attached hydrogens (tertiary/aromatic N) is 1. The number of aryl methyl sites for hydroxylation is 1. The van der Waals surface area contributed by atoms with Crippen LogP contribution in [0.25, 0.3) is 11.0 Å². The van der Waals surface area contributed by atoms with Crippen molar-refractivity contribution in [1.82, 2.24) is 0 Å². The summed E-state index contributed by atoms with van der Waals surface area (Å²) in [6, 6.07) is 6.66. The monoisotopic (exact) mass is 409 g/mol. The summed E-state index contributed by atoms with van der Waals surface area (Å²) in [5.74, 6) is -1.45. The number of para-hydroxylation sites is 1. The van der Waals surface area contributed by atoms with E-state index in [0.29, 0.717) is 45.7 Å². The van der Waals surface area contributed by atoms with Crippen LogP contribution in [0.2, 0.25) is 0 Å². The second-order valence-corrected chi connectivity index (χ2v) is 7.89. The molecule has 158 valence electrons. The molecule has 0 saturated heterocycles. The minimum absolute atomic E-state index is 0.116. The van der Waals surface area contributed by atoms with Crippen LogP contribution in [0, 0.1) is 12.8 Å². The van der Waals surface area contributed by atoms with Crippen LogP contribution < -0.4 is 5.43 Å². The van der Waals surface area contributed by atoms with Gasteiger partial charge in [-0.15, -0.1) is 0 Å². The van der Waals surface area contributed by atoms with E-state index in [4.69, 9.17) is 9.15 Å². The highest BCUT2D eigenvalue weighted by molar-refractivity contribution is 6.09. The maximum absolute atomic E-state index is 13.2. The molecule has 1 aromatic carbocycles. The number of hydrogen-bond donors (Lipinski definition) is 0. The average Bonchev–Trinajstić information content (AvgIpc) is 2.66. The zero-order chi connectivity index (χ0) is 22.2. The van der Waals surface area contributed by atoms with Crippen molar-refractivity contribution in [3.05, 3.63) is 57.1 Å². The maximum atomic E-state index is 13.2. The number of Topliss-reactive ketones (excluding diaryl/α,β-unsaturated/α-hetero) is 1. The number of benzene rings is 1. The fourth-order valence-electron chi connectivity index (χ4n) is 4.06. The Balaban J connectivity index is 2.31. The van der Waals surface area contributed by atoms with Gasteiger partial charge in [0.05, 0.1) is 23.0 Å². The van der Waals surface area contributed by atoms with Gasteiger partial charge >= 0.3 is 5.97 Å². The number of fused-ring (bicyclic) bond motifs is 1. The molecule has 0 spiro atoms. The van der Waals surface area contributed by atoms with Gasteiger partial charge in [0.15, 0.2) is 5.43 Å². The molecule has 0 fully saturated rings. The number of ether oxygens (including phenoxy) is 1. The van der Waals surface area contributed by atoms with Gasteiger partial charge in [-0.2, -0.15) is 0 Å². The van der Waals surface area contributed by atoms with Gasteiger partial charge in [0.25, 0.3) is 0 Å². The fourth-order valence-corrected chi connectivity index (χ4v) is 4.06. The molecule has 0 radical (unpaired) electrons. The molecule has 0 aliphatic carbocycles. The average molecular weight is 409 g/mol. The Hall–Kier alpha value is -3.02. The van der Waals surface area contributed by atoms with Crippen LogP contribution in [0.15, 0.2) is 49.7 Å². The molecule has 1 unspecified atom stereocenters. The first-order valence-corrected chi connectivity index (χ1v) is 10.2. The summed E-state index contributed by atoms with van der Waals surface area (Å²) in [7, 11) is 0. The van der Waals surface area contributed by atoms with Crippen LogP contribution in [0.1, 0.15) is 58.3 Å². The zero-order valence-corrected chi connectivity index (χ0v) is 18.2. The van der Waals surface area contributed by atoms with E-state index >= 15 is 0 Å². The Morgan fingerprint density at radius 3 is 2.57 bits per heavy atom. The predicted molar refractivity (Wildman–Crippen MR) is 116 cm³/mol. The highest BCUT2D eigenvalue weighted by Crippen LogP contribution is 2.42. The summed E-state index contributed by atoms with van der Waals surface area (Å²) in [6.07, 6.45) is 0.401. The normalized spacial score (nSPS) is 20.1. The smallest absolute Gasteiger partial charge is 0.336 e. The van der Waals surface area contributed by atoms with Crippen molar-refractivity contribution in [1.29, 1.82) is 0 Å². The van der Waals surface area contributed by atoms with E-state index in [1.807, 2.05) is 13.8 Å². The Morgan fingerprint density at radius 2 is 1.93 bits per heavy atom. The van der Waals surface area contributed by atoms with E-state index in [2.05, 4.69) is 4.99 Å². The predicted octanol–water partition coefficient (Wildman–Crippen LogP) is 4.48. The lowest BCUT2D eigenvalue weighted by Gasteiger charge is -2.32. The molecule has 3 atom stereocenters. The molecule has 1 aromatic heterocycles. The second kappa shape index (κ2) is 8.38. The largest absolute Gasteiger partial charge is 0.461 e. The van der Waals surface area contributed by atoms with Crippen molar-refractivity contribution < 1.29 is 18.7 Å². The van der Waals surface area contributed by atoms with Gasteiger partial charge in [0, 0.05) is 29.0 Å². The molecule has 2 heterocycles. The number of aliphatic imine (C=N–C) groups is 1. The van der Waals surface area contributed by atoms with Crippen LogP contribution in [0.4, 0.5) is 0 Å². The van der Waals surface area contributed by atoms with E-state index in [1.54, 1.807) is 39.0 Å². The van der Waals surface area contributed by atoms with E-state index in [9.17, 15) is 14.4 Å². The SMILES string of the molecule is CC[C@@H](C)OC(=O)C1=C(C)N=C(C)C(C(C)=O)[C@H]1c1cccc2c(=O)cc(C)oc12. The van der Waals surface area contributed by atoms with Crippen LogP contribution in [0.5, 0.6) is 0 Å². The molecule has 3 rings (SSSR count). The molecular weight excluding hydrogens is 382 g/mol. The summed E-state index contributed by atoms with van der Waals surface area (Å²) in [4.78, 5) is 42.8. The van der Waals surface area contributed by atoms with E-state index in [0.717, 1.165) is 0 Å². The van der Waals surface area contributed by atoms with Gasteiger partial charge in [0.1, 0.15) is 17.1 Å². The van der Waals surface area contributed by atoms with Crippen molar-refractivity contribution in [2.75, 3.05) is 0 Å². The third-order valence-corrected chi connectivity index (χ3v) is 5.61. The van der Waals surface area contributed by atoms with Crippen LogP contribution in [-0.2, 0) is 14.3 Å². The van der Waals surface area contributed by atoms with Gasteiger partial charge in [-0.1, -0.05) is 19.1 Å². The molecule has 6 heteroatoms. The molecule has 0 bridgehead atoms. The number of hydrogen-bond acceptors (Lipinski definition) is 6. The Kier molecular flexibility index (Phi) is 6.06. The number of ketones is 1. The second-order valence-electron chi connectivity index (χ2n) is 7.89. The molecule has 30 heavy (non-hydrogen) atoms. The molecule has 6 nitrogen and oxygen atoms in total. The number of carbonyl (C=O) groups is 2. The lowest BCUT2D eigenvalue weighted by molar-refractivity contribution is -0.144. The minimum atomic E-state index is -0.649. The lowest BCUT2D eigenvalue weighted by atomic mass is 9.73. The first-order chi connectivity index (χ1) is 14.1. The number of allylic oxidation sites excluding steroid dienone is 1. The molecule has 0 saturated carbocycles. The van der Waals surface area contributed by atoms with Crippen LogP contribution >= 0.6 is 0 Å². The molecule has 0 N–H and O–H groups in total. The fraction of sp³-hybridized carbons (Fsp3) is 0.417. The first kappa shape index (κ1) is 21.7. The van der Waals surface area contributed by atoms with Gasteiger partial charge in [-0.05, 0) is 47.1 Å². The van der Waals surface area contributed by atoms with Crippen LogP contribution in [0.3, 0.4) is 0 Å². The third kappa shape index (κ3) is 3.86. The van der Waals surface area contributed by atoms with E-state index < -0.39 is 17.8 Å². The molecule has 1 aliphatic rings. The Morgan fingerprint density at radius 1 is 1.23 bits per heavy atom. The summed E-state index contributed by atoms with van der Waals surface area (Å²) in [6.45, 7) is 10.5. The van der Waals surface area contributed by atoms with Crippen molar-refractivity contribution in [3.63, 3.8) is 0 Å². The van der Waals surface area contributed by atoms with Crippen molar-refractivity contribution >= 4 is 28.4 Å². The van der Waals surface area contributed by atoms with Crippen molar-refractivity contribution in [2.45, 2.75) is 60.0 Å². The number of rotatable bonds is 5. The summed E-state index contributed by atoms with van der Waals surface area (Å²) in [5, 5.41) is 0.410. The highest BCUT2D eigenvalue weighted by Gasteiger charge is 2.41. The highest BCUT2D eigenvalue weighted by atomic mass is 16.5. The van der Waals surface area contributed by atoms with Crippen LogP contribution in [-0.4, -0.2) is 23.6 Å². The topological polar surface area (TPSA) is 85.9 Å². The maximum Gasteiger partial charge on any atom is 0.336 e. The molecule has 1 aliphatic heterocycles. The van der Waals surface area contributed by atoms with Gasteiger partial charge in [-0.3, -0.25) is 14.6 Å². The zero-order valence-electron chi connectivity index (χ0n) is 18.2. The molecule has 0 amide bonds. The Bertz CT molecular complexity index is 1140. The quantitative estimate of drug-likeness (QED) is 0.680. The molecular formula is C24H27NO5. The van der Waals surface area contributed by atoms with Gasteiger partial charge in [0.2, 0.25) is 0 Å². The standard InChI is InChI=1S/C24H27NO5/c1-7-12(2)30-24(28)21-15(5)25-14(4)20(16(6)26)22(21)18-10-8-9-17-19(27)11-13(3)29-23(17)18/h8-12,20,22H,7H2,1-6H3/t12-,20?,22-/m1/s1. The van der Waals surface area contributed by atoms with E-state index in [-0.39, 0.29) is 17.3 Å². The minimum Gasteiger partial charge on any atom is -0.461 e. The summed E-state index contributed by atoms with van der Waals surface area (Å²) >= 11 is 0.